The van der Waals surface area contributed by atoms with E-state index in [0.29, 0.717) is 23.1 Å². The second-order valence-electron chi connectivity index (χ2n) is 6.39. The summed E-state index contributed by atoms with van der Waals surface area (Å²) in [5.74, 6) is -0.0152. The van der Waals surface area contributed by atoms with Crippen LogP contribution in [-0.2, 0) is 6.54 Å². The smallest absolute Gasteiger partial charge is 0.364 e. The number of para-hydroxylation sites is 1. The average molecular weight is 350 g/mol. The van der Waals surface area contributed by atoms with Crippen LogP contribution in [0.2, 0.25) is 0 Å². The number of hydrogen-bond donors (Lipinski definition) is 0. The molecule has 5 nitrogen and oxygen atoms in total. The van der Waals surface area contributed by atoms with Gasteiger partial charge in [0.2, 0.25) is 0 Å². The summed E-state index contributed by atoms with van der Waals surface area (Å²) in [6, 6.07) is 12.7. The number of hydrogen-bond acceptors (Lipinski definition) is 4. The summed E-state index contributed by atoms with van der Waals surface area (Å²) in [5.41, 5.74) is 1.74. The van der Waals surface area contributed by atoms with Gasteiger partial charge < -0.3 is 4.74 Å². The minimum Gasteiger partial charge on any atom is -0.421 e. The Morgan fingerprint density at radius 1 is 1.04 bits per heavy atom. The van der Waals surface area contributed by atoms with Crippen molar-refractivity contribution < 1.29 is 9.53 Å². The molecule has 5 heteroatoms. The van der Waals surface area contributed by atoms with E-state index in [0.717, 1.165) is 24.0 Å². The Hall–Kier alpha value is -2.95. The first-order chi connectivity index (χ1) is 12.5. The molecule has 0 amide bonds. The van der Waals surface area contributed by atoms with E-state index < -0.39 is 5.97 Å². The van der Waals surface area contributed by atoms with Crippen LogP contribution in [0.25, 0.3) is 10.8 Å². The lowest BCUT2D eigenvalue weighted by molar-refractivity contribution is 0.0725. The molecule has 0 aliphatic carbocycles. The number of benzene rings is 2. The van der Waals surface area contributed by atoms with E-state index >= 15 is 0 Å². The van der Waals surface area contributed by atoms with Gasteiger partial charge in [-0.05, 0) is 37.5 Å². The number of rotatable bonds is 5. The van der Waals surface area contributed by atoms with Gasteiger partial charge in [0, 0.05) is 11.9 Å². The summed E-state index contributed by atoms with van der Waals surface area (Å²) >= 11 is 0. The molecule has 0 unspecified atom stereocenters. The molecule has 0 bridgehead atoms. The van der Waals surface area contributed by atoms with Gasteiger partial charge in [0.05, 0.1) is 5.39 Å². The molecular weight excluding hydrogens is 328 g/mol. The molecule has 26 heavy (non-hydrogen) atoms. The third-order valence-corrected chi connectivity index (χ3v) is 4.39. The lowest BCUT2D eigenvalue weighted by Crippen LogP contribution is -2.27. The lowest BCUT2D eigenvalue weighted by Gasteiger charge is -2.13. The molecule has 3 aromatic rings. The highest BCUT2D eigenvalue weighted by molar-refractivity contribution is 6.03. The fourth-order valence-corrected chi connectivity index (χ4v) is 2.95. The normalized spacial score (nSPS) is 10.9. The van der Waals surface area contributed by atoms with Crippen molar-refractivity contribution >= 4 is 16.7 Å². The van der Waals surface area contributed by atoms with Gasteiger partial charge in [-0.15, -0.1) is 0 Å². The monoisotopic (exact) mass is 350 g/mol. The van der Waals surface area contributed by atoms with E-state index in [1.165, 1.54) is 4.68 Å². The Morgan fingerprint density at radius 2 is 1.69 bits per heavy atom. The summed E-state index contributed by atoms with van der Waals surface area (Å²) in [7, 11) is 0. The van der Waals surface area contributed by atoms with Crippen molar-refractivity contribution in [2.45, 2.75) is 40.2 Å². The molecule has 0 aliphatic heterocycles. The predicted molar refractivity (Wildman–Crippen MR) is 102 cm³/mol. The second kappa shape index (κ2) is 7.52. The van der Waals surface area contributed by atoms with E-state index in [1.54, 1.807) is 24.3 Å². The van der Waals surface area contributed by atoms with Crippen LogP contribution in [0.5, 0.6) is 5.75 Å². The van der Waals surface area contributed by atoms with Crippen LogP contribution in [0.4, 0.5) is 0 Å². The molecule has 0 fully saturated rings. The molecule has 0 saturated carbocycles. The molecule has 3 rings (SSSR count). The quantitative estimate of drug-likeness (QED) is 0.515. The first kappa shape index (κ1) is 17.9. The van der Waals surface area contributed by atoms with Crippen LogP contribution >= 0.6 is 0 Å². The van der Waals surface area contributed by atoms with E-state index in [-0.39, 0.29) is 11.3 Å². The summed E-state index contributed by atoms with van der Waals surface area (Å²) in [6.07, 6.45) is 1.75. The van der Waals surface area contributed by atoms with Gasteiger partial charge in [-0.1, -0.05) is 49.7 Å². The minimum atomic E-state index is -0.552. The number of ether oxygens (including phenoxy) is 1. The van der Waals surface area contributed by atoms with Crippen molar-refractivity contribution in [2.24, 2.45) is 0 Å². The SMILES string of the molecule is CCCCn1nc(C(=O)Oc2c(C)cccc2C)c2ccccc2c1=O. The van der Waals surface area contributed by atoms with Gasteiger partial charge in [0.15, 0.2) is 5.69 Å². The Labute approximate surface area is 152 Å². The van der Waals surface area contributed by atoms with Crippen LogP contribution in [0.3, 0.4) is 0 Å². The van der Waals surface area contributed by atoms with Crippen LogP contribution in [0.1, 0.15) is 41.4 Å². The zero-order valence-corrected chi connectivity index (χ0v) is 15.3. The summed E-state index contributed by atoms with van der Waals surface area (Å²) < 4.78 is 7.02. The highest BCUT2D eigenvalue weighted by Gasteiger charge is 2.19. The van der Waals surface area contributed by atoms with E-state index in [2.05, 4.69) is 5.10 Å². The van der Waals surface area contributed by atoms with Gasteiger partial charge in [-0.2, -0.15) is 5.10 Å². The van der Waals surface area contributed by atoms with Crippen molar-refractivity contribution in [3.8, 4) is 5.75 Å². The number of fused-ring (bicyclic) bond motifs is 1. The Morgan fingerprint density at radius 3 is 2.35 bits per heavy atom. The minimum absolute atomic E-state index is 0.166. The maximum absolute atomic E-state index is 12.9. The van der Waals surface area contributed by atoms with Crippen LogP contribution in [0, 0.1) is 13.8 Å². The fourth-order valence-electron chi connectivity index (χ4n) is 2.95. The maximum Gasteiger partial charge on any atom is 0.364 e. The average Bonchev–Trinajstić information content (AvgIpc) is 2.64. The molecule has 0 aliphatic rings. The number of aromatic nitrogens is 2. The Bertz CT molecular complexity index is 1000. The highest BCUT2D eigenvalue weighted by atomic mass is 16.5. The van der Waals surface area contributed by atoms with Gasteiger partial charge in [0.25, 0.3) is 5.56 Å². The van der Waals surface area contributed by atoms with E-state index in [4.69, 9.17) is 4.74 Å². The Kier molecular flexibility index (Phi) is 5.16. The molecule has 0 radical (unpaired) electrons. The number of aryl methyl sites for hydroxylation is 3. The van der Waals surface area contributed by atoms with Crippen molar-refractivity contribution in [3.05, 3.63) is 69.6 Å². The van der Waals surface area contributed by atoms with E-state index in [1.807, 2.05) is 39.0 Å². The molecule has 2 aromatic carbocycles. The number of esters is 1. The van der Waals surface area contributed by atoms with Gasteiger partial charge in [0.1, 0.15) is 5.75 Å². The number of nitrogens with zero attached hydrogens (tertiary/aromatic N) is 2. The van der Waals surface area contributed by atoms with Crippen LogP contribution in [0.15, 0.2) is 47.3 Å². The van der Waals surface area contributed by atoms with Crippen molar-refractivity contribution in [2.75, 3.05) is 0 Å². The Balaban J connectivity index is 2.10. The first-order valence-corrected chi connectivity index (χ1v) is 8.81. The highest BCUT2D eigenvalue weighted by Crippen LogP contribution is 2.24. The predicted octanol–water partition coefficient (Wildman–Crippen LogP) is 4.03. The van der Waals surface area contributed by atoms with Crippen LogP contribution < -0.4 is 10.3 Å². The van der Waals surface area contributed by atoms with Crippen molar-refractivity contribution in [3.63, 3.8) is 0 Å². The first-order valence-electron chi connectivity index (χ1n) is 8.81. The molecule has 1 heterocycles. The van der Waals surface area contributed by atoms with E-state index in [9.17, 15) is 9.59 Å². The second-order valence-corrected chi connectivity index (χ2v) is 6.39. The largest absolute Gasteiger partial charge is 0.421 e. The molecule has 1 aromatic heterocycles. The standard InChI is InChI=1S/C21H22N2O3/c1-4-5-13-23-20(24)17-12-7-6-11-16(17)18(22-23)21(25)26-19-14(2)9-8-10-15(19)3/h6-12H,4-5,13H2,1-3H3. The molecule has 0 saturated heterocycles. The van der Waals surface area contributed by atoms with Crippen LogP contribution in [-0.4, -0.2) is 15.7 Å². The fraction of sp³-hybridized carbons (Fsp3) is 0.286. The number of carbonyl (C=O) groups is 1. The molecule has 0 spiro atoms. The zero-order valence-electron chi connectivity index (χ0n) is 15.3. The molecule has 0 N–H and O–H groups in total. The third-order valence-electron chi connectivity index (χ3n) is 4.39. The zero-order chi connectivity index (χ0) is 18.7. The molecule has 0 atom stereocenters. The van der Waals surface area contributed by atoms with Crippen molar-refractivity contribution in [1.82, 2.24) is 9.78 Å². The summed E-state index contributed by atoms with van der Waals surface area (Å²) in [6.45, 7) is 6.30. The molecule has 134 valence electrons. The van der Waals surface area contributed by atoms with Crippen molar-refractivity contribution in [1.29, 1.82) is 0 Å². The topological polar surface area (TPSA) is 61.2 Å². The summed E-state index contributed by atoms with van der Waals surface area (Å²) in [5, 5.41) is 5.32. The van der Waals surface area contributed by atoms with Gasteiger partial charge >= 0.3 is 5.97 Å². The lowest BCUT2D eigenvalue weighted by atomic mass is 10.1. The maximum atomic E-state index is 12.9. The third kappa shape index (κ3) is 3.38. The number of unbranched alkanes of at least 4 members (excludes halogenated alkanes) is 1. The summed E-state index contributed by atoms with van der Waals surface area (Å²) in [4.78, 5) is 25.5. The van der Waals surface area contributed by atoms with Gasteiger partial charge in [-0.3, -0.25) is 4.79 Å². The molecular formula is C21H22N2O3. The van der Waals surface area contributed by atoms with Gasteiger partial charge in [-0.25, -0.2) is 9.48 Å². The number of carbonyl (C=O) groups excluding carboxylic acids is 1.